The first-order chi connectivity index (χ1) is 9.38. The molecular formula is C12H13NO7. The van der Waals surface area contributed by atoms with Crippen molar-refractivity contribution in [1.29, 1.82) is 0 Å². The summed E-state index contributed by atoms with van der Waals surface area (Å²) in [7, 11) is 1.22. The molecule has 1 aromatic carbocycles. The summed E-state index contributed by atoms with van der Waals surface area (Å²) >= 11 is 0. The third kappa shape index (κ3) is 3.53. The fourth-order valence-corrected chi connectivity index (χ4v) is 1.74. The first kappa shape index (κ1) is 15.6. The predicted molar refractivity (Wildman–Crippen MR) is 65.6 cm³/mol. The molecule has 1 atom stereocenters. The SMILES string of the molecule is CONC(Cc1cccc(C(=O)O)c1C(=O)O)C(=O)O. The van der Waals surface area contributed by atoms with Gasteiger partial charge < -0.3 is 20.2 Å². The van der Waals surface area contributed by atoms with Gasteiger partial charge >= 0.3 is 17.9 Å². The van der Waals surface area contributed by atoms with Crippen LogP contribution in [0.2, 0.25) is 0 Å². The van der Waals surface area contributed by atoms with Gasteiger partial charge in [0.25, 0.3) is 0 Å². The maximum atomic E-state index is 11.2. The van der Waals surface area contributed by atoms with Crippen LogP contribution < -0.4 is 5.48 Å². The molecule has 20 heavy (non-hydrogen) atoms. The highest BCUT2D eigenvalue weighted by molar-refractivity contribution is 6.02. The Labute approximate surface area is 113 Å². The van der Waals surface area contributed by atoms with Crippen molar-refractivity contribution in [2.75, 3.05) is 7.11 Å². The second-order valence-corrected chi connectivity index (χ2v) is 3.87. The first-order valence-corrected chi connectivity index (χ1v) is 5.48. The van der Waals surface area contributed by atoms with E-state index < -0.39 is 35.1 Å². The van der Waals surface area contributed by atoms with E-state index in [-0.39, 0.29) is 12.0 Å². The van der Waals surface area contributed by atoms with E-state index in [1.165, 1.54) is 19.2 Å². The smallest absolute Gasteiger partial charge is 0.336 e. The topological polar surface area (TPSA) is 133 Å². The van der Waals surface area contributed by atoms with Crippen LogP contribution in [0.5, 0.6) is 0 Å². The van der Waals surface area contributed by atoms with Crippen LogP contribution in [-0.2, 0) is 16.1 Å². The zero-order chi connectivity index (χ0) is 15.3. The number of aliphatic carboxylic acids is 1. The molecule has 4 N–H and O–H groups in total. The van der Waals surface area contributed by atoms with Crippen LogP contribution >= 0.6 is 0 Å². The Bertz CT molecular complexity index is 541. The van der Waals surface area contributed by atoms with Crippen LogP contribution in [0.1, 0.15) is 26.3 Å². The second-order valence-electron chi connectivity index (χ2n) is 3.87. The van der Waals surface area contributed by atoms with Crippen LogP contribution in [0.4, 0.5) is 0 Å². The molecule has 0 aliphatic rings. The van der Waals surface area contributed by atoms with Crippen molar-refractivity contribution in [2.45, 2.75) is 12.5 Å². The molecular weight excluding hydrogens is 270 g/mol. The van der Waals surface area contributed by atoms with Gasteiger partial charge in [-0.3, -0.25) is 4.79 Å². The monoisotopic (exact) mass is 283 g/mol. The van der Waals surface area contributed by atoms with Gasteiger partial charge in [-0.15, -0.1) is 0 Å². The van der Waals surface area contributed by atoms with E-state index in [0.29, 0.717) is 0 Å². The summed E-state index contributed by atoms with van der Waals surface area (Å²) in [5.41, 5.74) is 1.48. The lowest BCUT2D eigenvalue weighted by Gasteiger charge is -2.15. The molecule has 0 aliphatic carbocycles. The number of benzene rings is 1. The number of nitrogens with one attached hydrogen (secondary N) is 1. The molecule has 8 heteroatoms. The predicted octanol–water partition coefficient (Wildman–Crippen LogP) is 0.230. The summed E-state index contributed by atoms with van der Waals surface area (Å²) in [4.78, 5) is 37.7. The van der Waals surface area contributed by atoms with Crippen molar-refractivity contribution in [3.05, 3.63) is 34.9 Å². The van der Waals surface area contributed by atoms with Gasteiger partial charge in [0.2, 0.25) is 0 Å². The van der Waals surface area contributed by atoms with Gasteiger partial charge in [0, 0.05) is 6.42 Å². The van der Waals surface area contributed by atoms with Crippen LogP contribution in [0.15, 0.2) is 18.2 Å². The minimum Gasteiger partial charge on any atom is -0.480 e. The Kier molecular flexibility index (Phi) is 5.18. The molecule has 0 heterocycles. The Morgan fingerprint density at radius 1 is 1.20 bits per heavy atom. The van der Waals surface area contributed by atoms with Gasteiger partial charge in [-0.2, -0.15) is 5.48 Å². The van der Waals surface area contributed by atoms with Gasteiger partial charge in [-0.05, 0) is 11.6 Å². The molecule has 0 radical (unpaired) electrons. The number of hydroxylamine groups is 1. The molecule has 0 aromatic heterocycles. The second kappa shape index (κ2) is 6.64. The molecule has 0 aliphatic heterocycles. The third-order valence-corrected chi connectivity index (χ3v) is 2.58. The lowest BCUT2D eigenvalue weighted by atomic mass is 9.96. The largest absolute Gasteiger partial charge is 0.480 e. The van der Waals surface area contributed by atoms with E-state index in [1.807, 2.05) is 0 Å². The number of hydrogen-bond acceptors (Lipinski definition) is 5. The van der Waals surface area contributed by atoms with E-state index in [2.05, 4.69) is 10.3 Å². The van der Waals surface area contributed by atoms with Gasteiger partial charge in [0.1, 0.15) is 6.04 Å². The third-order valence-electron chi connectivity index (χ3n) is 2.58. The molecule has 0 fully saturated rings. The molecule has 0 spiro atoms. The summed E-state index contributed by atoms with van der Waals surface area (Å²) in [5.74, 6) is -4.07. The molecule has 108 valence electrons. The van der Waals surface area contributed by atoms with E-state index in [4.69, 9.17) is 15.3 Å². The number of aromatic carboxylic acids is 2. The van der Waals surface area contributed by atoms with Crippen molar-refractivity contribution in [1.82, 2.24) is 5.48 Å². The summed E-state index contributed by atoms with van der Waals surface area (Å²) in [6, 6.07) is 2.68. The lowest BCUT2D eigenvalue weighted by Crippen LogP contribution is -2.38. The quantitative estimate of drug-likeness (QED) is 0.522. The first-order valence-electron chi connectivity index (χ1n) is 5.48. The van der Waals surface area contributed by atoms with Gasteiger partial charge in [-0.1, -0.05) is 12.1 Å². The standard InChI is InChI=1S/C12H13NO7/c1-20-13-8(11(16)17)5-6-3-2-4-7(10(14)15)9(6)12(18)19/h2-4,8,13H,5H2,1H3,(H,14,15)(H,16,17)(H,18,19). The van der Waals surface area contributed by atoms with Crippen molar-refractivity contribution in [2.24, 2.45) is 0 Å². The summed E-state index contributed by atoms with van der Waals surface area (Å²) < 4.78 is 0. The Balaban J connectivity index is 3.23. The molecule has 1 rings (SSSR count). The maximum Gasteiger partial charge on any atom is 0.336 e. The number of hydrogen-bond donors (Lipinski definition) is 4. The Hall–Kier alpha value is -2.45. The fourth-order valence-electron chi connectivity index (χ4n) is 1.74. The van der Waals surface area contributed by atoms with Crippen molar-refractivity contribution in [3.63, 3.8) is 0 Å². The van der Waals surface area contributed by atoms with Crippen LogP contribution in [0.25, 0.3) is 0 Å². The molecule has 0 saturated heterocycles. The molecule has 0 amide bonds. The average Bonchev–Trinajstić information content (AvgIpc) is 2.37. The van der Waals surface area contributed by atoms with Crippen molar-refractivity contribution < 1.29 is 34.5 Å². The van der Waals surface area contributed by atoms with E-state index >= 15 is 0 Å². The molecule has 1 aromatic rings. The van der Waals surface area contributed by atoms with Crippen LogP contribution in [0, 0.1) is 0 Å². The highest BCUT2D eigenvalue weighted by Gasteiger charge is 2.24. The normalized spacial score (nSPS) is 11.8. The minimum absolute atomic E-state index is 0.0920. The highest BCUT2D eigenvalue weighted by Crippen LogP contribution is 2.17. The Morgan fingerprint density at radius 3 is 2.30 bits per heavy atom. The van der Waals surface area contributed by atoms with Crippen LogP contribution in [0.3, 0.4) is 0 Å². The summed E-state index contributed by atoms with van der Waals surface area (Å²) in [6.45, 7) is 0. The average molecular weight is 283 g/mol. The fraction of sp³-hybridized carbons (Fsp3) is 0.250. The van der Waals surface area contributed by atoms with Crippen molar-refractivity contribution in [3.8, 4) is 0 Å². The molecule has 1 unspecified atom stereocenters. The maximum absolute atomic E-state index is 11.2. The van der Waals surface area contributed by atoms with Crippen LogP contribution in [-0.4, -0.2) is 46.4 Å². The van der Waals surface area contributed by atoms with Crippen molar-refractivity contribution >= 4 is 17.9 Å². The Morgan fingerprint density at radius 2 is 1.85 bits per heavy atom. The summed E-state index contributed by atoms with van der Waals surface area (Å²) in [5, 5.41) is 27.0. The number of rotatable bonds is 7. The molecule has 8 nitrogen and oxygen atoms in total. The number of carboxylic acid groups (broad SMARTS) is 3. The van der Waals surface area contributed by atoms with Gasteiger partial charge in [0.15, 0.2) is 0 Å². The highest BCUT2D eigenvalue weighted by atomic mass is 16.6. The zero-order valence-corrected chi connectivity index (χ0v) is 10.5. The lowest BCUT2D eigenvalue weighted by molar-refractivity contribution is -0.143. The van der Waals surface area contributed by atoms with Gasteiger partial charge in [0.05, 0.1) is 18.2 Å². The van der Waals surface area contributed by atoms with E-state index in [1.54, 1.807) is 0 Å². The van der Waals surface area contributed by atoms with E-state index in [0.717, 1.165) is 6.07 Å². The zero-order valence-electron chi connectivity index (χ0n) is 10.5. The minimum atomic E-state index is -1.43. The summed E-state index contributed by atoms with van der Waals surface area (Å²) in [6.07, 6.45) is -0.230. The number of carbonyl (C=O) groups is 3. The molecule has 0 bridgehead atoms. The number of carboxylic acids is 3. The van der Waals surface area contributed by atoms with Gasteiger partial charge in [-0.25, -0.2) is 9.59 Å². The molecule has 0 saturated carbocycles. The van der Waals surface area contributed by atoms with E-state index in [9.17, 15) is 14.4 Å².